The maximum Gasteiger partial charge on any atom is 0.416 e. The van der Waals surface area contributed by atoms with E-state index < -0.39 is 53.3 Å². The van der Waals surface area contributed by atoms with Gasteiger partial charge in [0.15, 0.2) is 6.10 Å². The Morgan fingerprint density at radius 3 is 2.12 bits per heavy atom. The highest BCUT2D eigenvalue weighted by molar-refractivity contribution is 5.76. The van der Waals surface area contributed by atoms with Crippen LogP contribution >= 0.6 is 0 Å². The van der Waals surface area contributed by atoms with E-state index in [1.807, 2.05) is 12.1 Å². The van der Waals surface area contributed by atoms with E-state index in [0.717, 1.165) is 12.7 Å². The smallest absolute Gasteiger partial charge is 0.416 e. The van der Waals surface area contributed by atoms with Crippen molar-refractivity contribution in [1.29, 1.82) is 0 Å². The number of methoxy groups -OCH3 is 1. The number of benzene rings is 2. The van der Waals surface area contributed by atoms with Crippen LogP contribution < -0.4 is 5.32 Å². The van der Waals surface area contributed by atoms with Gasteiger partial charge >= 0.3 is 18.3 Å². The van der Waals surface area contributed by atoms with Gasteiger partial charge in [0.05, 0.1) is 30.4 Å². The molecule has 0 radical (unpaired) electrons. The second-order valence-corrected chi connectivity index (χ2v) is 7.40. The minimum Gasteiger partial charge on any atom is -0.467 e. The lowest BCUT2D eigenvalue weighted by atomic mass is 9.93. The molecule has 1 unspecified atom stereocenters. The number of hydrogen-bond donors (Lipinski definition) is 1. The molecule has 0 saturated carbocycles. The van der Waals surface area contributed by atoms with Crippen molar-refractivity contribution in [3.63, 3.8) is 0 Å². The van der Waals surface area contributed by atoms with E-state index in [2.05, 4.69) is 10.1 Å². The summed E-state index contributed by atoms with van der Waals surface area (Å²) in [6.45, 7) is 0.643. The van der Waals surface area contributed by atoms with Crippen molar-refractivity contribution in [2.24, 2.45) is 0 Å². The van der Waals surface area contributed by atoms with Crippen LogP contribution in [-0.4, -0.2) is 25.7 Å². The number of nitrogens with one attached hydrogen (secondary N) is 1. The fourth-order valence-electron chi connectivity index (χ4n) is 3.68. The van der Waals surface area contributed by atoms with Gasteiger partial charge in [0.25, 0.3) is 0 Å². The summed E-state index contributed by atoms with van der Waals surface area (Å²) in [6.07, 6.45) is -11.4. The van der Waals surface area contributed by atoms with Crippen LogP contribution in [0.5, 0.6) is 0 Å². The highest BCUT2D eigenvalue weighted by Crippen LogP contribution is 2.39. The highest BCUT2D eigenvalue weighted by atomic mass is 19.4. The number of ether oxygens (including phenoxy) is 2. The van der Waals surface area contributed by atoms with Crippen molar-refractivity contribution in [2.75, 3.05) is 13.7 Å². The average molecular weight is 461 g/mol. The molecule has 1 N–H and O–H groups in total. The first-order valence-electron chi connectivity index (χ1n) is 9.81. The van der Waals surface area contributed by atoms with E-state index in [9.17, 15) is 31.1 Å². The molecule has 1 fully saturated rings. The Kier molecular flexibility index (Phi) is 7.14. The number of halogens is 6. The summed E-state index contributed by atoms with van der Waals surface area (Å²) in [6, 6.07) is 9.62. The molecule has 0 spiro atoms. The first kappa shape index (κ1) is 24.1. The fourth-order valence-corrected chi connectivity index (χ4v) is 3.68. The molecule has 0 aromatic heterocycles. The van der Waals surface area contributed by atoms with E-state index in [-0.39, 0.29) is 6.07 Å². The predicted molar refractivity (Wildman–Crippen MR) is 102 cm³/mol. The third-order valence-corrected chi connectivity index (χ3v) is 5.20. The Morgan fingerprint density at radius 1 is 1.00 bits per heavy atom. The van der Waals surface area contributed by atoms with E-state index in [1.54, 1.807) is 18.2 Å². The lowest BCUT2D eigenvalue weighted by Gasteiger charge is -2.35. The molecule has 32 heavy (non-hydrogen) atoms. The molecule has 10 heteroatoms. The first-order chi connectivity index (χ1) is 15.0. The number of carbonyl (C=O) groups excluding carboxylic acids is 1. The van der Waals surface area contributed by atoms with Crippen LogP contribution in [0.15, 0.2) is 48.5 Å². The van der Waals surface area contributed by atoms with Gasteiger partial charge in [-0.1, -0.05) is 30.3 Å². The normalized spacial score (nSPS) is 20.6. The van der Waals surface area contributed by atoms with Crippen LogP contribution in [0.25, 0.3) is 0 Å². The zero-order chi connectivity index (χ0) is 23.5. The summed E-state index contributed by atoms with van der Waals surface area (Å²) in [5.74, 6) is -1.09. The molecule has 174 valence electrons. The second-order valence-electron chi connectivity index (χ2n) is 7.40. The molecule has 3 rings (SSSR count). The van der Waals surface area contributed by atoms with Gasteiger partial charge in [-0.2, -0.15) is 26.3 Å². The van der Waals surface area contributed by atoms with Gasteiger partial charge in [-0.05, 0) is 48.7 Å². The summed E-state index contributed by atoms with van der Waals surface area (Å²) in [5, 5.41) is 3.23. The van der Waals surface area contributed by atoms with E-state index in [1.165, 1.54) is 0 Å². The average Bonchev–Trinajstić information content (AvgIpc) is 2.76. The van der Waals surface area contributed by atoms with Crippen LogP contribution in [0, 0.1) is 0 Å². The third-order valence-electron chi connectivity index (χ3n) is 5.20. The Morgan fingerprint density at radius 2 is 1.59 bits per heavy atom. The van der Waals surface area contributed by atoms with Gasteiger partial charge in [0.2, 0.25) is 0 Å². The van der Waals surface area contributed by atoms with Crippen molar-refractivity contribution in [2.45, 2.75) is 43.4 Å². The summed E-state index contributed by atoms with van der Waals surface area (Å²) in [5.41, 5.74) is -2.81. The van der Waals surface area contributed by atoms with Gasteiger partial charge in [-0.15, -0.1) is 0 Å². The molecule has 3 atom stereocenters. The SMILES string of the molecule is COC(=O)C(O[C@H]1CCCN[C@H]1c1ccccc1)c1cc(C(F)(F)F)cc(C(F)(F)F)c1. The van der Waals surface area contributed by atoms with Gasteiger partial charge in [0, 0.05) is 0 Å². The van der Waals surface area contributed by atoms with Gasteiger partial charge in [-0.25, -0.2) is 4.79 Å². The maximum absolute atomic E-state index is 13.3. The van der Waals surface area contributed by atoms with Crippen LogP contribution in [-0.2, 0) is 26.6 Å². The van der Waals surface area contributed by atoms with E-state index in [4.69, 9.17) is 4.74 Å². The minimum absolute atomic E-state index is 0.00672. The Labute approximate surface area is 180 Å². The Bertz CT molecular complexity index is 897. The molecule has 0 aliphatic carbocycles. The van der Waals surface area contributed by atoms with Crippen molar-refractivity contribution in [3.8, 4) is 0 Å². The van der Waals surface area contributed by atoms with Gasteiger partial charge in [0.1, 0.15) is 0 Å². The van der Waals surface area contributed by atoms with Crippen molar-refractivity contribution >= 4 is 5.97 Å². The molecule has 1 aliphatic rings. The molecule has 0 bridgehead atoms. The molecule has 1 aliphatic heterocycles. The molecule has 0 amide bonds. The topological polar surface area (TPSA) is 47.6 Å². The van der Waals surface area contributed by atoms with Gasteiger partial charge in [-0.3, -0.25) is 0 Å². The van der Waals surface area contributed by atoms with Crippen LogP contribution in [0.1, 0.15) is 47.2 Å². The third kappa shape index (κ3) is 5.60. The quantitative estimate of drug-likeness (QED) is 0.475. The molecule has 1 heterocycles. The number of rotatable bonds is 5. The minimum atomic E-state index is -5.05. The summed E-state index contributed by atoms with van der Waals surface area (Å²) in [4.78, 5) is 12.4. The largest absolute Gasteiger partial charge is 0.467 e. The Balaban J connectivity index is 2.02. The molecular weight excluding hydrogens is 440 g/mol. The van der Waals surface area contributed by atoms with Crippen LogP contribution in [0.4, 0.5) is 26.3 Å². The number of piperidine rings is 1. The second kappa shape index (κ2) is 9.50. The van der Waals surface area contributed by atoms with Crippen molar-refractivity contribution in [3.05, 3.63) is 70.8 Å². The molecule has 2 aromatic rings. The first-order valence-corrected chi connectivity index (χ1v) is 9.81. The predicted octanol–water partition coefficient (Wildman–Crippen LogP) is 5.45. The van der Waals surface area contributed by atoms with Gasteiger partial charge < -0.3 is 14.8 Å². The lowest BCUT2D eigenvalue weighted by Crippen LogP contribution is -2.41. The summed E-state index contributed by atoms with van der Waals surface area (Å²) >= 11 is 0. The number of esters is 1. The van der Waals surface area contributed by atoms with Crippen LogP contribution in [0.2, 0.25) is 0 Å². The number of carbonyl (C=O) groups is 1. The summed E-state index contributed by atoms with van der Waals surface area (Å²) in [7, 11) is 0.991. The van der Waals surface area contributed by atoms with Crippen molar-refractivity contribution < 1.29 is 40.6 Å². The Hall–Kier alpha value is -2.59. The summed E-state index contributed by atoms with van der Waals surface area (Å²) < 4.78 is 90.3. The molecule has 1 saturated heterocycles. The van der Waals surface area contributed by atoms with E-state index in [0.29, 0.717) is 31.5 Å². The molecule has 2 aromatic carbocycles. The van der Waals surface area contributed by atoms with E-state index >= 15 is 0 Å². The molecular formula is C22H21F6NO3. The van der Waals surface area contributed by atoms with Crippen molar-refractivity contribution in [1.82, 2.24) is 5.32 Å². The number of alkyl halides is 6. The monoisotopic (exact) mass is 461 g/mol. The zero-order valence-corrected chi connectivity index (χ0v) is 17.0. The molecule has 4 nitrogen and oxygen atoms in total. The highest BCUT2D eigenvalue weighted by Gasteiger charge is 2.40. The number of hydrogen-bond acceptors (Lipinski definition) is 4. The standard InChI is InChI=1S/C22H21F6NO3/c1-31-20(30)19(14-10-15(21(23,24)25)12-16(11-14)22(26,27)28)32-17-8-5-9-29-18(17)13-6-3-2-4-7-13/h2-4,6-7,10-12,17-19,29H,5,8-9H2,1H3/t17-,18-,19?/m0/s1. The fraction of sp³-hybridized carbons (Fsp3) is 0.409. The zero-order valence-electron chi connectivity index (χ0n) is 17.0. The maximum atomic E-state index is 13.3. The van der Waals surface area contributed by atoms with Crippen LogP contribution in [0.3, 0.4) is 0 Å². The lowest BCUT2D eigenvalue weighted by molar-refractivity contribution is -0.162.